The molecule has 0 aromatic rings. The quantitative estimate of drug-likeness (QED) is 0.317. The first-order chi connectivity index (χ1) is 4.91. The molecule has 0 unspecified atom stereocenters. The van der Waals surface area contributed by atoms with Gasteiger partial charge >= 0.3 is 0 Å². The molecule has 0 aliphatic carbocycles. The summed E-state index contributed by atoms with van der Waals surface area (Å²) in [4.78, 5) is 0. The minimum atomic E-state index is 0.390. The van der Waals surface area contributed by atoms with Crippen LogP contribution in [0, 0.1) is 12.3 Å². The monoisotopic (exact) mass is 142 g/mol. The van der Waals surface area contributed by atoms with Gasteiger partial charge in [-0.3, -0.25) is 0 Å². The Balaban J connectivity index is 2.72. The largest absolute Gasteiger partial charge is 0.356 e. The van der Waals surface area contributed by atoms with Crippen LogP contribution in [-0.4, -0.2) is 20.0 Å². The molecule has 0 aliphatic rings. The van der Waals surface area contributed by atoms with Crippen LogP contribution < -0.4 is 0 Å². The van der Waals surface area contributed by atoms with E-state index in [1.807, 2.05) is 6.92 Å². The van der Waals surface area contributed by atoms with Crippen LogP contribution in [-0.2, 0) is 9.47 Å². The van der Waals surface area contributed by atoms with E-state index >= 15 is 0 Å². The smallest absolute Gasteiger partial charge is 0.146 e. The van der Waals surface area contributed by atoms with Gasteiger partial charge in [-0.05, 0) is 13.3 Å². The van der Waals surface area contributed by atoms with Crippen LogP contribution in [0.3, 0.4) is 0 Å². The minimum Gasteiger partial charge on any atom is -0.356 e. The van der Waals surface area contributed by atoms with Crippen molar-refractivity contribution in [1.29, 1.82) is 0 Å². The van der Waals surface area contributed by atoms with Crippen molar-refractivity contribution < 1.29 is 9.47 Å². The molecule has 58 valence electrons. The highest BCUT2D eigenvalue weighted by Crippen LogP contribution is 1.87. The molecule has 10 heavy (non-hydrogen) atoms. The van der Waals surface area contributed by atoms with Crippen molar-refractivity contribution in [3.05, 3.63) is 0 Å². The Hall–Kier alpha value is -0.520. The molecule has 0 heterocycles. The van der Waals surface area contributed by atoms with Gasteiger partial charge in [0.05, 0.1) is 6.61 Å². The van der Waals surface area contributed by atoms with Gasteiger partial charge in [0.1, 0.15) is 6.79 Å². The van der Waals surface area contributed by atoms with E-state index in [-0.39, 0.29) is 0 Å². The zero-order chi connectivity index (χ0) is 7.66. The maximum absolute atomic E-state index is 5.06. The Morgan fingerprint density at radius 3 is 2.80 bits per heavy atom. The van der Waals surface area contributed by atoms with Gasteiger partial charge in [-0.25, -0.2) is 0 Å². The zero-order valence-electron chi connectivity index (χ0n) is 6.43. The molecule has 0 atom stereocenters. The van der Waals surface area contributed by atoms with Crippen LogP contribution in [0.15, 0.2) is 0 Å². The Kier molecular flexibility index (Phi) is 8.04. The molecule has 0 fully saturated rings. The van der Waals surface area contributed by atoms with Gasteiger partial charge in [0.15, 0.2) is 0 Å². The summed E-state index contributed by atoms with van der Waals surface area (Å²) in [6, 6.07) is 0. The van der Waals surface area contributed by atoms with Gasteiger partial charge in [0.2, 0.25) is 0 Å². The molecule has 0 aliphatic heterocycles. The average molecular weight is 142 g/mol. The van der Waals surface area contributed by atoms with E-state index < -0.39 is 0 Å². The SMILES string of the molecule is C#CCCCOCOCC. The Labute approximate surface area is 62.5 Å². The molecular formula is C8H14O2. The first kappa shape index (κ1) is 9.48. The molecule has 0 bridgehead atoms. The predicted molar refractivity (Wildman–Crippen MR) is 40.5 cm³/mol. The zero-order valence-corrected chi connectivity index (χ0v) is 6.43. The molecule has 2 heteroatoms. The highest BCUT2D eigenvalue weighted by molar-refractivity contribution is 4.82. The summed E-state index contributed by atoms with van der Waals surface area (Å²) < 4.78 is 10.00. The van der Waals surface area contributed by atoms with Crippen molar-refractivity contribution in [2.24, 2.45) is 0 Å². The number of hydrogen-bond acceptors (Lipinski definition) is 2. The van der Waals surface area contributed by atoms with Gasteiger partial charge in [-0.15, -0.1) is 12.3 Å². The van der Waals surface area contributed by atoms with Gasteiger partial charge in [-0.1, -0.05) is 0 Å². The normalized spacial score (nSPS) is 9.20. The molecule has 2 nitrogen and oxygen atoms in total. The lowest BCUT2D eigenvalue weighted by Gasteiger charge is -2.00. The maximum Gasteiger partial charge on any atom is 0.146 e. The Bertz CT molecular complexity index is 93.9. The topological polar surface area (TPSA) is 18.5 Å². The molecule has 0 aromatic heterocycles. The maximum atomic E-state index is 5.06. The lowest BCUT2D eigenvalue weighted by atomic mass is 10.3. The lowest BCUT2D eigenvalue weighted by Crippen LogP contribution is -2.00. The van der Waals surface area contributed by atoms with E-state index in [0.717, 1.165) is 12.8 Å². The lowest BCUT2D eigenvalue weighted by molar-refractivity contribution is -0.0495. The number of hydrogen-bond donors (Lipinski definition) is 0. The summed E-state index contributed by atoms with van der Waals surface area (Å²) >= 11 is 0. The van der Waals surface area contributed by atoms with Crippen molar-refractivity contribution >= 4 is 0 Å². The molecule has 0 amide bonds. The summed E-state index contributed by atoms with van der Waals surface area (Å²) in [6.07, 6.45) is 6.74. The van der Waals surface area contributed by atoms with E-state index in [1.54, 1.807) is 0 Å². The van der Waals surface area contributed by atoms with Crippen LogP contribution in [0.5, 0.6) is 0 Å². The molecule has 0 rings (SSSR count). The van der Waals surface area contributed by atoms with Crippen LogP contribution in [0.2, 0.25) is 0 Å². The van der Waals surface area contributed by atoms with E-state index in [4.69, 9.17) is 15.9 Å². The van der Waals surface area contributed by atoms with E-state index in [9.17, 15) is 0 Å². The summed E-state index contributed by atoms with van der Waals surface area (Å²) in [5, 5.41) is 0. The van der Waals surface area contributed by atoms with Gasteiger partial charge in [-0.2, -0.15) is 0 Å². The van der Waals surface area contributed by atoms with Crippen LogP contribution in [0.1, 0.15) is 19.8 Å². The second-order valence-corrected chi connectivity index (χ2v) is 1.83. The van der Waals surface area contributed by atoms with Gasteiger partial charge in [0.25, 0.3) is 0 Å². The highest BCUT2D eigenvalue weighted by Gasteiger charge is 1.84. The number of unbranched alkanes of at least 4 members (excludes halogenated alkanes) is 1. The molecule has 0 radical (unpaired) electrons. The average Bonchev–Trinajstić information content (AvgIpc) is 1.97. The number of terminal acetylenes is 1. The molecular weight excluding hydrogens is 128 g/mol. The van der Waals surface area contributed by atoms with E-state index in [0.29, 0.717) is 20.0 Å². The second-order valence-electron chi connectivity index (χ2n) is 1.83. The number of rotatable bonds is 6. The first-order valence-electron chi connectivity index (χ1n) is 3.50. The standard InChI is InChI=1S/C8H14O2/c1-3-5-6-7-10-8-9-4-2/h1H,4-8H2,2H3. The second kappa shape index (κ2) is 8.48. The van der Waals surface area contributed by atoms with Crippen molar-refractivity contribution in [2.45, 2.75) is 19.8 Å². The minimum absolute atomic E-state index is 0.390. The molecule has 0 N–H and O–H groups in total. The first-order valence-corrected chi connectivity index (χ1v) is 3.50. The molecule has 0 saturated carbocycles. The number of ether oxygens (including phenoxy) is 2. The highest BCUT2D eigenvalue weighted by atomic mass is 16.7. The summed E-state index contributed by atoms with van der Waals surface area (Å²) in [7, 11) is 0. The molecule has 0 spiro atoms. The van der Waals surface area contributed by atoms with Crippen LogP contribution in [0.25, 0.3) is 0 Å². The Morgan fingerprint density at radius 1 is 1.40 bits per heavy atom. The van der Waals surface area contributed by atoms with Gasteiger partial charge < -0.3 is 9.47 Å². The third-order valence-electron chi connectivity index (χ3n) is 0.981. The third-order valence-corrected chi connectivity index (χ3v) is 0.981. The van der Waals surface area contributed by atoms with Crippen molar-refractivity contribution in [3.8, 4) is 12.3 Å². The van der Waals surface area contributed by atoms with Crippen molar-refractivity contribution in [2.75, 3.05) is 20.0 Å². The van der Waals surface area contributed by atoms with Crippen LogP contribution >= 0.6 is 0 Å². The fourth-order valence-electron chi connectivity index (χ4n) is 0.477. The third kappa shape index (κ3) is 7.48. The van der Waals surface area contributed by atoms with Crippen molar-refractivity contribution in [1.82, 2.24) is 0 Å². The summed E-state index contributed by atoms with van der Waals surface area (Å²) in [5.74, 6) is 2.54. The molecule has 0 saturated heterocycles. The molecule has 0 aromatic carbocycles. The van der Waals surface area contributed by atoms with Crippen molar-refractivity contribution in [3.63, 3.8) is 0 Å². The van der Waals surface area contributed by atoms with Crippen LogP contribution in [0.4, 0.5) is 0 Å². The summed E-state index contributed by atoms with van der Waals surface area (Å²) in [6.45, 7) is 3.73. The van der Waals surface area contributed by atoms with E-state index in [1.165, 1.54) is 0 Å². The summed E-state index contributed by atoms with van der Waals surface area (Å²) in [5.41, 5.74) is 0. The Morgan fingerprint density at radius 2 is 2.20 bits per heavy atom. The van der Waals surface area contributed by atoms with Gasteiger partial charge in [0, 0.05) is 13.0 Å². The fourth-order valence-corrected chi connectivity index (χ4v) is 0.477. The van der Waals surface area contributed by atoms with E-state index in [2.05, 4.69) is 5.92 Å². The fraction of sp³-hybridized carbons (Fsp3) is 0.750. The predicted octanol–water partition coefficient (Wildman–Crippen LogP) is 1.41.